The lowest BCUT2D eigenvalue weighted by Crippen LogP contribution is -2.06. The van der Waals surface area contributed by atoms with Gasteiger partial charge in [-0.2, -0.15) is 0 Å². The molecule has 0 bridgehead atoms. The van der Waals surface area contributed by atoms with E-state index in [1.54, 1.807) is 0 Å². The first-order valence-corrected chi connectivity index (χ1v) is 3.52. The number of halogens is 1. The van der Waals surface area contributed by atoms with Crippen LogP contribution < -0.4 is 0 Å². The summed E-state index contributed by atoms with van der Waals surface area (Å²) >= 11 is 2.24. The predicted octanol–water partition coefficient (Wildman–Crippen LogP) is 1.64. The molecule has 2 atom stereocenters. The maximum Gasteiger partial charge on any atom is 0.123 e. The fourth-order valence-corrected chi connectivity index (χ4v) is 0.278. The van der Waals surface area contributed by atoms with Crippen LogP contribution in [0.25, 0.3) is 0 Å². The fraction of sp³-hybridized carbons (Fsp3) is 0.800. The Balaban J connectivity index is 3.33. The average molecular weight is 212 g/mol. The van der Waals surface area contributed by atoms with Crippen LogP contribution >= 0.6 is 22.6 Å². The summed E-state index contributed by atoms with van der Waals surface area (Å²) in [4.78, 5) is 9.94. The zero-order chi connectivity index (χ0) is 5.86. The van der Waals surface area contributed by atoms with Gasteiger partial charge in [-0.1, -0.05) is 36.4 Å². The van der Waals surface area contributed by atoms with E-state index in [-0.39, 0.29) is 5.92 Å². The molecule has 2 unspecified atom stereocenters. The van der Waals surface area contributed by atoms with Crippen LogP contribution in [0.2, 0.25) is 0 Å². The maximum atomic E-state index is 9.94. The highest BCUT2D eigenvalue weighted by Crippen LogP contribution is 2.08. The average Bonchev–Trinajstić information content (AvgIpc) is 1.65. The molecule has 0 aliphatic heterocycles. The van der Waals surface area contributed by atoms with Crippen molar-refractivity contribution in [2.45, 2.75) is 17.8 Å². The highest BCUT2D eigenvalue weighted by molar-refractivity contribution is 14.1. The molecule has 0 amide bonds. The predicted molar refractivity (Wildman–Crippen MR) is 38.7 cm³/mol. The summed E-state index contributed by atoms with van der Waals surface area (Å²) in [7, 11) is 0. The van der Waals surface area contributed by atoms with Crippen molar-refractivity contribution >= 4 is 28.9 Å². The Morgan fingerprint density at radius 1 is 1.57 bits per heavy atom. The van der Waals surface area contributed by atoms with Gasteiger partial charge in [-0.3, -0.25) is 0 Å². The maximum absolute atomic E-state index is 9.94. The van der Waals surface area contributed by atoms with Crippen molar-refractivity contribution in [1.82, 2.24) is 0 Å². The third-order valence-corrected chi connectivity index (χ3v) is 2.07. The second-order valence-electron chi connectivity index (χ2n) is 1.67. The van der Waals surface area contributed by atoms with Gasteiger partial charge in [-0.15, -0.1) is 0 Å². The van der Waals surface area contributed by atoms with E-state index in [9.17, 15) is 4.79 Å². The van der Waals surface area contributed by atoms with Gasteiger partial charge in [0, 0.05) is 9.84 Å². The molecular formula is C5H9IO. The van der Waals surface area contributed by atoms with E-state index in [1.165, 1.54) is 0 Å². The van der Waals surface area contributed by atoms with Crippen molar-refractivity contribution < 1.29 is 4.79 Å². The van der Waals surface area contributed by atoms with Gasteiger partial charge in [0.25, 0.3) is 0 Å². The molecule has 2 heteroatoms. The molecule has 0 spiro atoms. The Kier molecular flexibility index (Phi) is 3.60. The Morgan fingerprint density at radius 2 is 2.00 bits per heavy atom. The molecule has 0 rings (SSSR count). The van der Waals surface area contributed by atoms with E-state index in [1.807, 2.05) is 13.8 Å². The number of carbonyl (C=O) groups excluding carboxylic acids is 1. The zero-order valence-electron chi connectivity index (χ0n) is 4.52. The number of rotatable bonds is 2. The lowest BCUT2D eigenvalue weighted by molar-refractivity contribution is -0.110. The summed E-state index contributed by atoms with van der Waals surface area (Å²) in [6.07, 6.45) is 0.983. The van der Waals surface area contributed by atoms with Crippen molar-refractivity contribution in [3.05, 3.63) is 0 Å². The molecule has 0 aromatic carbocycles. The Bertz CT molecular complexity index is 61.1. The first-order valence-electron chi connectivity index (χ1n) is 2.28. The lowest BCUT2D eigenvalue weighted by atomic mass is 10.2. The van der Waals surface area contributed by atoms with Crippen molar-refractivity contribution in [2.24, 2.45) is 5.92 Å². The van der Waals surface area contributed by atoms with Crippen LogP contribution in [0.15, 0.2) is 0 Å². The van der Waals surface area contributed by atoms with Gasteiger partial charge >= 0.3 is 0 Å². The van der Waals surface area contributed by atoms with Crippen LogP contribution in [-0.4, -0.2) is 10.2 Å². The van der Waals surface area contributed by atoms with Crippen molar-refractivity contribution in [1.29, 1.82) is 0 Å². The fourth-order valence-electron chi connectivity index (χ4n) is 0.108. The lowest BCUT2D eigenvalue weighted by Gasteiger charge is -2.02. The zero-order valence-corrected chi connectivity index (χ0v) is 6.68. The molecule has 0 radical (unpaired) electrons. The first-order chi connectivity index (χ1) is 3.18. The van der Waals surface area contributed by atoms with Crippen LogP contribution in [0.3, 0.4) is 0 Å². The molecule has 1 nitrogen and oxygen atoms in total. The molecule has 0 N–H and O–H groups in total. The van der Waals surface area contributed by atoms with Crippen LogP contribution in [-0.2, 0) is 4.79 Å². The molecule has 0 saturated carbocycles. The molecular weight excluding hydrogens is 203 g/mol. The summed E-state index contributed by atoms with van der Waals surface area (Å²) in [6, 6.07) is 0. The highest BCUT2D eigenvalue weighted by Gasteiger charge is 2.04. The van der Waals surface area contributed by atoms with Gasteiger partial charge in [-0.05, 0) is 0 Å². The van der Waals surface area contributed by atoms with Gasteiger partial charge in [0.05, 0.1) is 0 Å². The summed E-state index contributed by atoms with van der Waals surface area (Å²) < 4.78 is 0.468. The van der Waals surface area contributed by atoms with Crippen LogP contribution in [0.1, 0.15) is 13.8 Å². The summed E-state index contributed by atoms with van der Waals surface area (Å²) in [5.74, 6) is 0.209. The van der Waals surface area contributed by atoms with E-state index in [4.69, 9.17) is 0 Å². The second-order valence-corrected chi connectivity index (χ2v) is 3.64. The van der Waals surface area contributed by atoms with Gasteiger partial charge in [0.1, 0.15) is 6.29 Å². The summed E-state index contributed by atoms with van der Waals surface area (Å²) in [5.41, 5.74) is 0. The van der Waals surface area contributed by atoms with Gasteiger partial charge in [0.15, 0.2) is 0 Å². The van der Waals surface area contributed by atoms with E-state index in [0.29, 0.717) is 3.92 Å². The molecule has 42 valence electrons. The van der Waals surface area contributed by atoms with Crippen LogP contribution in [0.4, 0.5) is 0 Å². The monoisotopic (exact) mass is 212 g/mol. The van der Waals surface area contributed by atoms with Crippen LogP contribution in [0.5, 0.6) is 0 Å². The van der Waals surface area contributed by atoms with E-state index in [0.717, 1.165) is 6.29 Å². The molecule has 0 aliphatic rings. The summed E-state index contributed by atoms with van der Waals surface area (Å²) in [6.45, 7) is 3.95. The molecule has 0 fully saturated rings. The Hall–Kier alpha value is 0.400. The van der Waals surface area contributed by atoms with Gasteiger partial charge < -0.3 is 4.79 Å². The minimum Gasteiger partial charge on any atom is -0.303 e. The minimum atomic E-state index is 0.209. The van der Waals surface area contributed by atoms with E-state index in [2.05, 4.69) is 22.6 Å². The quantitative estimate of drug-likeness (QED) is 0.386. The van der Waals surface area contributed by atoms with Gasteiger partial charge in [0.2, 0.25) is 0 Å². The topological polar surface area (TPSA) is 17.1 Å². The molecule has 0 aromatic rings. The summed E-state index contributed by atoms with van der Waals surface area (Å²) in [5, 5.41) is 0. The van der Waals surface area contributed by atoms with Crippen LogP contribution in [0, 0.1) is 5.92 Å². The van der Waals surface area contributed by atoms with Crippen molar-refractivity contribution in [2.75, 3.05) is 0 Å². The number of alkyl halides is 1. The second kappa shape index (κ2) is 3.41. The minimum absolute atomic E-state index is 0.209. The number of hydrogen-bond donors (Lipinski definition) is 0. The van der Waals surface area contributed by atoms with Crippen molar-refractivity contribution in [3.8, 4) is 0 Å². The van der Waals surface area contributed by atoms with E-state index >= 15 is 0 Å². The number of hydrogen-bond acceptors (Lipinski definition) is 1. The normalized spacial score (nSPS) is 18.1. The number of aldehydes is 1. The van der Waals surface area contributed by atoms with Gasteiger partial charge in [-0.25, -0.2) is 0 Å². The SMILES string of the molecule is CC(I)C(C)C=O. The Labute approximate surface area is 57.6 Å². The van der Waals surface area contributed by atoms with E-state index < -0.39 is 0 Å². The third-order valence-electron chi connectivity index (χ3n) is 0.939. The molecule has 0 heterocycles. The third kappa shape index (κ3) is 3.02. The molecule has 0 aliphatic carbocycles. The first kappa shape index (κ1) is 7.40. The molecule has 7 heavy (non-hydrogen) atoms. The number of carbonyl (C=O) groups is 1. The standard InChI is InChI=1S/C5H9IO/c1-4(3-7)5(2)6/h3-5H,1-2H3. The highest BCUT2D eigenvalue weighted by atomic mass is 127. The van der Waals surface area contributed by atoms with Crippen molar-refractivity contribution in [3.63, 3.8) is 0 Å². The molecule has 0 aromatic heterocycles. The smallest absolute Gasteiger partial charge is 0.123 e. The Morgan fingerprint density at radius 3 is 2.00 bits per heavy atom. The largest absolute Gasteiger partial charge is 0.303 e. The molecule has 0 saturated heterocycles.